The summed E-state index contributed by atoms with van der Waals surface area (Å²) in [6.45, 7) is 0.186. The summed E-state index contributed by atoms with van der Waals surface area (Å²) in [5.74, 6) is 0.240. The quantitative estimate of drug-likeness (QED) is 0.905. The topological polar surface area (TPSA) is 42.2 Å². The molecular formula is C14H17NO2S. The molecule has 0 aliphatic heterocycles. The summed E-state index contributed by atoms with van der Waals surface area (Å²) in [4.78, 5) is 12.4. The average Bonchev–Trinajstić information content (AvgIpc) is 2.76. The largest absolute Gasteiger partial charge is 0.396 e. The van der Waals surface area contributed by atoms with Crippen molar-refractivity contribution in [3.8, 4) is 0 Å². The Labute approximate surface area is 110 Å². The highest BCUT2D eigenvalue weighted by atomic mass is 32.1. The van der Waals surface area contributed by atoms with Gasteiger partial charge in [-0.25, -0.2) is 0 Å². The van der Waals surface area contributed by atoms with Crippen molar-refractivity contribution >= 4 is 21.6 Å². The third-order valence-electron chi connectivity index (χ3n) is 3.92. The molecule has 1 fully saturated rings. The molecule has 2 unspecified atom stereocenters. The molecule has 0 bridgehead atoms. The number of aliphatic hydroxyl groups is 1. The molecule has 0 saturated heterocycles. The van der Waals surface area contributed by atoms with E-state index in [4.69, 9.17) is 0 Å². The summed E-state index contributed by atoms with van der Waals surface area (Å²) in [5.41, 5.74) is 0.112. The molecular weight excluding hydrogens is 246 g/mol. The standard InChI is InChI=1S/C14H17NO2S/c16-9-10-5-1-3-7-12(10)15-14(17)11-6-2-4-8-13(11)18-15/h2,4,6,8,10,12,16H,1,3,5,7,9H2. The number of rotatable bonds is 2. The zero-order chi connectivity index (χ0) is 12.5. The van der Waals surface area contributed by atoms with Gasteiger partial charge >= 0.3 is 0 Å². The first-order valence-corrected chi connectivity index (χ1v) is 7.30. The van der Waals surface area contributed by atoms with Crippen molar-refractivity contribution in [1.29, 1.82) is 0 Å². The Balaban J connectivity index is 2.07. The van der Waals surface area contributed by atoms with Gasteiger partial charge in [-0.2, -0.15) is 0 Å². The summed E-state index contributed by atoms with van der Waals surface area (Å²) in [7, 11) is 0. The van der Waals surface area contributed by atoms with Crippen LogP contribution in [0.3, 0.4) is 0 Å². The van der Waals surface area contributed by atoms with E-state index in [1.54, 1.807) is 11.5 Å². The summed E-state index contributed by atoms with van der Waals surface area (Å²) in [5, 5.41) is 10.3. The molecule has 3 rings (SSSR count). The van der Waals surface area contributed by atoms with Crippen molar-refractivity contribution in [3.05, 3.63) is 34.6 Å². The molecule has 1 heterocycles. The van der Waals surface area contributed by atoms with Crippen molar-refractivity contribution < 1.29 is 5.11 Å². The van der Waals surface area contributed by atoms with Gasteiger partial charge in [0.1, 0.15) is 0 Å². The SMILES string of the molecule is O=c1c2ccccc2sn1C1CCCCC1CO. The van der Waals surface area contributed by atoms with E-state index < -0.39 is 0 Å². The van der Waals surface area contributed by atoms with E-state index >= 15 is 0 Å². The molecule has 1 aromatic heterocycles. The molecule has 0 radical (unpaired) electrons. The van der Waals surface area contributed by atoms with E-state index in [0.717, 1.165) is 29.3 Å². The van der Waals surface area contributed by atoms with Crippen molar-refractivity contribution in [2.45, 2.75) is 31.7 Å². The lowest BCUT2D eigenvalue weighted by Gasteiger charge is -2.30. The van der Waals surface area contributed by atoms with E-state index in [9.17, 15) is 9.90 Å². The predicted octanol–water partition coefficient (Wildman–Crippen LogP) is 2.79. The van der Waals surface area contributed by atoms with Crippen molar-refractivity contribution in [3.63, 3.8) is 0 Å². The molecule has 1 aliphatic carbocycles. The van der Waals surface area contributed by atoms with E-state index in [0.29, 0.717) is 0 Å². The van der Waals surface area contributed by atoms with Crippen LogP contribution in [0.1, 0.15) is 31.7 Å². The minimum absolute atomic E-state index is 0.112. The van der Waals surface area contributed by atoms with Crippen molar-refractivity contribution in [2.75, 3.05) is 6.61 Å². The molecule has 0 amide bonds. The monoisotopic (exact) mass is 263 g/mol. The molecule has 0 spiro atoms. The molecule has 2 atom stereocenters. The van der Waals surface area contributed by atoms with Gasteiger partial charge < -0.3 is 5.11 Å². The van der Waals surface area contributed by atoms with Gasteiger partial charge in [0.25, 0.3) is 5.56 Å². The molecule has 96 valence electrons. The molecule has 4 heteroatoms. The first kappa shape index (κ1) is 11.9. The van der Waals surface area contributed by atoms with Crippen LogP contribution in [0, 0.1) is 5.92 Å². The number of hydrogen-bond acceptors (Lipinski definition) is 3. The molecule has 2 aromatic rings. The van der Waals surface area contributed by atoms with Gasteiger partial charge in [0.15, 0.2) is 0 Å². The van der Waals surface area contributed by atoms with Gasteiger partial charge in [0, 0.05) is 12.5 Å². The predicted molar refractivity (Wildman–Crippen MR) is 74.2 cm³/mol. The van der Waals surface area contributed by atoms with Gasteiger partial charge in [-0.05, 0) is 25.0 Å². The second-order valence-corrected chi connectivity index (χ2v) is 6.03. The second-order valence-electron chi connectivity index (χ2n) is 5.01. The highest BCUT2D eigenvalue weighted by Crippen LogP contribution is 2.35. The third kappa shape index (κ3) is 1.89. The minimum atomic E-state index is 0.112. The highest BCUT2D eigenvalue weighted by Gasteiger charge is 2.28. The van der Waals surface area contributed by atoms with Crippen LogP contribution in [0.5, 0.6) is 0 Å². The fourth-order valence-electron chi connectivity index (χ4n) is 2.92. The highest BCUT2D eigenvalue weighted by molar-refractivity contribution is 7.13. The molecule has 1 aromatic carbocycles. The van der Waals surface area contributed by atoms with Gasteiger partial charge in [-0.3, -0.25) is 8.75 Å². The lowest BCUT2D eigenvalue weighted by Crippen LogP contribution is -2.30. The number of aromatic nitrogens is 1. The second kappa shape index (κ2) is 4.86. The Morgan fingerprint density at radius 1 is 1.28 bits per heavy atom. The Kier molecular flexibility index (Phi) is 3.22. The first-order chi connectivity index (χ1) is 8.81. The minimum Gasteiger partial charge on any atom is -0.396 e. The number of nitrogens with zero attached hydrogens (tertiary/aromatic N) is 1. The van der Waals surface area contributed by atoms with Gasteiger partial charge in [-0.1, -0.05) is 36.5 Å². The molecule has 1 saturated carbocycles. The summed E-state index contributed by atoms with van der Waals surface area (Å²) < 4.78 is 2.94. The number of benzene rings is 1. The van der Waals surface area contributed by atoms with Crippen molar-refractivity contribution in [2.24, 2.45) is 5.92 Å². The average molecular weight is 263 g/mol. The Morgan fingerprint density at radius 2 is 2.06 bits per heavy atom. The molecule has 3 nitrogen and oxygen atoms in total. The van der Waals surface area contributed by atoms with Crippen LogP contribution in [0.25, 0.3) is 10.1 Å². The number of hydrogen-bond donors (Lipinski definition) is 1. The van der Waals surface area contributed by atoms with Gasteiger partial charge in [0.2, 0.25) is 0 Å². The zero-order valence-corrected chi connectivity index (χ0v) is 11.0. The van der Waals surface area contributed by atoms with Crippen LogP contribution < -0.4 is 5.56 Å². The Bertz CT molecular complexity index is 601. The van der Waals surface area contributed by atoms with E-state index in [2.05, 4.69) is 0 Å². The number of aliphatic hydroxyl groups excluding tert-OH is 1. The molecule has 1 N–H and O–H groups in total. The summed E-state index contributed by atoms with van der Waals surface area (Å²) >= 11 is 1.54. The fourth-order valence-corrected chi connectivity index (χ4v) is 4.12. The normalized spacial score (nSPS) is 24.5. The van der Waals surface area contributed by atoms with E-state index in [1.165, 1.54) is 6.42 Å². The van der Waals surface area contributed by atoms with Crippen LogP contribution in [0.2, 0.25) is 0 Å². The Hall–Kier alpha value is -1.13. The van der Waals surface area contributed by atoms with Crippen LogP contribution in [0.15, 0.2) is 29.1 Å². The van der Waals surface area contributed by atoms with Crippen LogP contribution >= 0.6 is 11.5 Å². The zero-order valence-electron chi connectivity index (χ0n) is 10.2. The number of fused-ring (bicyclic) bond motifs is 1. The fraction of sp³-hybridized carbons (Fsp3) is 0.500. The molecule has 1 aliphatic rings. The first-order valence-electron chi connectivity index (χ1n) is 6.52. The van der Waals surface area contributed by atoms with Crippen molar-refractivity contribution in [1.82, 2.24) is 3.96 Å². The van der Waals surface area contributed by atoms with E-state index in [-0.39, 0.29) is 24.1 Å². The van der Waals surface area contributed by atoms with Gasteiger partial charge in [-0.15, -0.1) is 0 Å². The smallest absolute Gasteiger partial charge is 0.268 e. The third-order valence-corrected chi connectivity index (χ3v) is 5.11. The van der Waals surface area contributed by atoms with Crippen LogP contribution in [0.4, 0.5) is 0 Å². The van der Waals surface area contributed by atoms with Crippen LogP contribution in [-0.2, 0) is 0 Å². The summed E-state index contributed by atoms with van der Waals surface area (Å²) in [6.07, 6.45) is 4.36. The van der Waals surface area contributed by atoms with Gasteiger partial charge in [0.05, 0.1) is 16.1 Å². The lowest BCUT2D eigenvalue weighted by atomic mass is 9.85. The maximum Gasteiger partial charge on any atom is 0.268 e. The Morgan fingerprint density at radius 3 is 2.83 bits per heavy atom. The maximum absolute atomic E-state index is 12.4. The lowest BCUT2D eigenvalue weighted by molar-refractivity contribution is 0.143. The van der Waals surface area contributed by atoms with Crippen LogP contribution in [-0.4, -0.2) is 15.7 Å². The maximum atomic E-state index is 12.4. The summed E-state index contributed by atoms with van der Waals surface area (Å²) in [6, 6.07) is 7.95. The van der Waals surface area contributed by atoms with E-state index in [1.807, 2.05) is 28.2 Å². The molecule has 18 heavy (non-hydrogen) atoms.